The lowest BCUT2D eigenvalue weighted by Gasteiger charge is -2.35. The number of hydrogen-bond donors (Lipinski definition) is 2. The first-order chi connectivity index (χ1) is 11.0. The van der Waals surface area contributed by atoms with Gasteiger partial charge in [-0.15, -0.1) is 0 Å². The molecule has 0 radical (unpaired) electrons. The fourth-order valence-corrected chi connectivity index (χ4v) is 3.02. The van der Waals surface area contributed by atoms with Crippen LogP contribution in [0.2, 0.25) is 0 Å². The second-order valence-electron chi connectivity index (χ2n) is 6.31. The Balaban J connectivity index is 1.94. The van der Waals surface area contributed by atoms with Gasteiger partial charge in [-0.1, -0.05) is 18.2 Å². The zero-order chi connectivity index (χ0) is 16.4. The molecule has 0 aromatic heterocycles. The third-order valence-electron chi connectivity index (χ3n) is 4.07. The highest BCUT2D eigenvalue weighted by Crippen LogP contribution is 2.33. The number of aliphatic imine (C=N–C) groups is 1. The predicted octanol–water partition coefficient (Wildman–Crippen LogP) is 3.66. The summed E-state index contributed by atoms with van der Waals surface area (Å²) >= 11 is 0. The number of nitrogens with zero attached hydrogens (tertiary/aromatic N) is 1. The summed E-state index contributed by atoms with van der Waals surface area (Å²) < 4.78 is 5.22. The number of methoxy groups -OCH3 is 1. The van der Waals surface area contributed by atoms with Crippen LogP contribution in [0.1, 0.15) is 37.4 Å². The van der Waals surface area contributed by atoms with Crippen molar-refractivity contribution in [3.63, 3.8) is 0 Å². The van der Waals surface area contributed by atoms with Gasteiger partial charge in [0.15, 0.2) is 0 Å². The number of rotatable bonds is 3. The van der Waals surface area contributed by atoms with Crippen LogP contribution in [-0.4, -0.2) is 23.6 Å². The summed E-state index contributed by atoms with van der Waals surface area (Å²) in [4.78, 5) is 4.83. The molecule has 0 aliphatic carbocycles. The molecule has 4 heteroatoms. The number of benzene rings is 2. The second kappa shape index (κ2) is 6.05. The molecule has 0 saturated carbocycles. The molecule has 0 saturated heterocycles. The Hall–Kier alpha value is -2.33. The Bertz CT molecular complexity index is 720. The van der Waals surface area contributed by atoms with Gasteiger partial charge in [0.25, 0.3) is 0 Å². The number of phenols is 1. The van der Waals surface area contributed by atoms with E-state index in [1.807, 2.05) is 56.3 Å². The molecule has 120 valence electrons. The summed E-state index contributed by atoms with van der Waals surface area (Å²) in [5.74, 6) is 1.15. The minimum Gasteiger partial charge on any atom is -0.508 e. The topological polar surface area (TPSA) is 53.8 Å². The Labute approximate surface area is 136 Å². The highest BCUT2D eigenvalue weighted by atomic mass is 16.5. The van der Waals surface area contributed by atoms with Crippen molar-refractivity contribution in [1.29, 1.82) is 0 Å². The Kier molecular flexibility index (Phi) is 4.09. The average Bonchev–Trinajstić information content (AvgIpc) is 2.54. The molecule has 0 fully saturated rings. The quantitative estimate of drug-likeness (QED) is 0.909. The van der Waals surface area contributed by atoms with Gasteiger partial charge >= 0.3 is 0 Å². The lowest BCUT2D eigenvalue weighted by atomic mass is 9.92. The molecule has 1 aliphatic heterocycles. The van der Waals surface area contributed by atoms with E-state index in [9.17, 15) is 5.11 Å². The van der Waals surface area contributed by atoms with E-state index in [0.29, 0.717) is 5.75 Å². The van der Waals surface area contributed by atoms with Gasteiger partial charge in [-0.2, -0.15) is 0 Å². The minimum absolute atomic E-state index is 0.0285. The van der Waals surface area contributed by atoms with Crippen LogP contribution in [0.15, 0.2) is 53.5 Å². The van der Waals surface area contributed by atoms with Crippen molar-refractivity contribution < 1.29 is 9.84 Å². The first-order valence-corrected chi connectivity index (χ1v) is 7.77. The summed E-state index contributed by atoms with van der Waals surface area (Å²) in [6.07, 6.45) is 0.729. The standard InChI is InChI=1S/C19H22N2O2/c1-19(2)20-16(13-8-10-14(23-3)11-9-13)12-17(21-19)15-6-4-5-7-18(15)22/h4-11,17,21-22H,12H2,1-3H3/t17-/m0/s1. The van der Waals surface area contributed by atoms with Gasteiger partial charge in [-0.05, 0) is 49.7 Å². The molecule has 4 nitrogen and oxygen atoms in total. The van der Waals surface area contributed by atoms with Gasteiger partial charge in [0.2, 0.25) is 0 Å². The van der Waals surface area contributed by atoms with E-state index in [1.54, 1.807) is 13.2 Å². The third-order valence-corrected chi connectivity index (χ3v) is 4.07. The van der Waals surface area contributed by atoms with Crippen molar-refractivity contribution in [2.24, 2.45) is 4.99 Å². The van der Waals surface area contributed by atoms with Crippen LogP contribution in [0.4, 0.5) is 0 Å². The zero-order valence-corrected chi connectivity index (χ0v) is 13.7. The molecule has 2 aromatic rings. The molecule has 1 heterocycles. The number of hydrogen-bond acceptors (Lipinski definition) is 4. The third kappa shape index (κ3) is 3.37. The number of nitrogens with one attached hydrogen (secondary N) is 1. The van der Waals surface area contributed by atoms with Crippen molar-refractivity contribution >= 4 is 5.71 Å². The predicted molar refractivity (Wildman–Crippen MR) is 92.2 cm³/mol. The van der Waals surface area contributed by atoms with E-state index in [2.05, 4.69) is 5.32 Å². The number of phenolic OH excluding ortho intramolecular Hbond substituents is 1. The number of para-hydroxylation sites is 1. The summed E-state index contributed by atoms with van der Waals surface area (Å²) in [5, 5.41) is 13.7. The zero-order valence-electron chi connectivity index (χ0n) is 13.7. The van der Waals surface area contributed by atoms with Crippen LogP contribution in [0, 0.1) is 0 Å². The fourth-order valence-electron chi connectivity index (χ4n) is 3.02. The van der Waals surface area contributed by atoms with Gasteiger partial charge < -0.3 is 9.84 Å². The SMILES string of the molecule is COc1ccc(C2=NC(C)(C)N[C@H](c3ccccc3O)C2)cc1. The van der Waals surface area contributed by atoms with E-state index in [0.717, 1.165) is 29.0 Å². The Morgan fingerprint density at radius 1 is 1.13 bits per heavy atom. The van der Waals surface area contributed by atoms with E-state index < -0.39 is 0 Å². The molecular weight excluding hydrogens is 288 g/mol. The first-order valence-electron chi connectivity index (χ1n) is 7.77. The Morgan fingerprint density at radius 2 is 1.83 bits per heavy atom. The monoisotopic (exact) mass is 310 g/mol. The van der Waals surface area contributed by atoms with Gasteiger partial charge in [0.1, 0.15) is 17.2 Å². The molecule has 1 atom stereocenters. The summed E-state index contributed by atoms with van der Waals surface area (Å²) in [6, 6.07) is 15.4. The average molecular weight is 310 g/mol. The van der Waals surface area contributed by atoms with E-state index in [-0.39, 0.29) is 11.7 Å². The van der Waals surface area contributed by atoms with Gasteiger partial charge in [0.05, 0.1) is 7.11 Å². The number of aromatic hydroxyl groups is 1. The van der Waals surface area contributed by atoms with Crippen molar-refractivity contribution in [3.05, 3.63) is 59.7 Å². The van der Waals surface area contributed by atoms with Crippen molar-refractivity contribution in [1.82, 2.24) is 5.32 Å². The maximum Gasteiger partial charge on any atom is 0.120 e. The van der Waals surface area contributed by atoms with Gasteiger partial charge in [-0.3, -0.25) is 10.3 Å². The van der Waals surface area contributed by atoms with E-state index in [1.165, 1.54) is 0 Å². The molecule has 0 unspecified atom stereocenters. The van der Waals surface area contributed by atoms with Crippen LogP contribution in [0.25, 0.3) is 0 Å². The summed E-state index contributed by atoms with van der Waals surface area (Å²) in [7, 11) is 1.66. The normalized spacial score (nSPS) is 20.0. The van der Waals surface area contributed by atoms with Crippen molar-refractivity contribution in [2.45, 2.75) is 32.0 Å². The lowest BCUT2D eigenvalue weighted by Crippen LogP contribution is -2.45. The molecule has 0 spiro atoms. The highest BCUT2D eigenvalue weighted by Gasteiger charge is 2.30. The van der Waals surface area contributed by atoms with Crippen molar-refractivity contribution in [2.75, 3.05) is 7.11 Å². The van der Waals surface area contributed by atoms with Gasteiger partial charge in [-0.25, -0.2) is 0 Å². The molecule has 0 amide bonds. The summed E-state index contributed by atoms with van der Waals surface area (Å²) in [6.45, 7) is 4.09. The van der Waals surface area contributed by atoms with Crippen LogP contribution in [-0.2, 0) is 0 Å². The van der Waals surface area contributed by atoms with Crippen LogP contribution in [0.5, 0.6) is 11.5 Å². The second-order valence-corrected chi connectivity index (χ2v) is 6.31. The molecule has 23 heavy (non-hydrogen) atoms. The molecule has 0 bridgehead atoms. The summed E-state index contributed by atoms with van der Waals surface area (Å²) in [5.41, 5.74) is 2.63. The molecule has 3 rings (SSSR count). The van der Waals surface area contributed by atoms with Crippen molar-refractivity contribution in [3.8, 4) is 11.5 Å². The molecule has 1 aliphatic rings. The maximum atomic E-state index is 10.2. The fraction of sp³-hybridized carbons (Fsp3) is 0.316. The number of ether oxygens (including phenoxy) is 1. The largest absolute Gasteiger partial charge is 0.508 e. The lowest BCUT2D eigenvalue weighted by molar-refractivity contribution is 0.328. The Morgan fingerprint density at radius 3 is 2.48 bits per heavy atom. The first kappa shape index (κ1) is 15.6. The van der Waals surface area contributed by atoms with Crippen LogP contribution >= 0.6 is 0 Å². The maximum absolute atomic E-state index is 10.2. The van der Waals surface area contributed by atoms with Gasteiger partial charge in [0, 0.05) is 23.7 Å². The molecule has 2 aromatic carbocycles. The highest BCUT2D eigenvalue weighted by molar-refractivity contribution is 6.01. The van der Waals surface area contributed by atoms with E-state index >= 15 is 0 Å². The van der Waals surface area contributed by atoms with Crippen LogP contribution in [0.3, 0.4) is 0 Å². The van der Waals surface area contributed by atoms with E-state index in [4.69, 9.17) is 9.73 Å². The smallest absolute Gasteiger partial charge is 0.120 e. The van der Waals surface area contributed by atoms with Crippen LogP contribution < -0.4 is 10.1 Å². The minimum atomic E-state index is -0.388. The molecule has 2 N–H and O–H groups in total. The molecular formula is C19H22N2O2.